The van der Waals surface area contributed by atoms with Crippen LogP contribution in [-0.4, -0.2) is 71.9 Å². The highest BCUT2D eigenvalue weighted by Gasteiger charge is 2.40. The van der Waals surface area contributed by atoms with E-state index in [1.54, 1.807) is 31.3 Å². The molecule has 2 aromatic heterocycles. The van der Waals surface area contributed by atoms with Gasteiger partial charge in [0.05, 0.1) is 55.0 Å². The molecule has 2 N–H and O–H groups in total. The monoisotopic (exact) mass is 507 g/mol. The number of hydrogen-bond acceptors (Lipinski definition) is 9. The lowest BCUT2D eigenvalue weighted by atomic mass is 9.91. The fraction of sp³-hybridized carbons (Fsp3) is 0.400. The van der Waals surface area contributed by atoms with Gasteiger partial charge in [0.25, 0.3) is 0 Å². The Kier molecular flexibility index (Phi) is 7.09. The first-order valence-corrected chi connectivity index (χ1v) is 11.9. The highest BCUT2D eigenvalue weighted by molar-refractivity contribution is 5.83. The van der Waals surface area contributed by atoms with Gasteiger partial charge in [-0.1, -0.05) is 0 Å². The molecule has 1 aromatic carbocycles. The number of imidazole rings is 1. The zero-order chi connectivity index (χ0) is 25.8. The number of benzene rings is 1. The average Bonchev–Trinajstić information content (AvgIpc) is 3.38. The molecular weight excluding hydrogens is 481 g/mol. The van der Waals surface area contributed by atoms with Crippen LogP contribution in [0, 0.1) is 22.6 Å². The Hall–Kier alpha value is -3.92. The highest BCUT2D eigenvalue weighted by atomic mass is 19.1. The van der Waals surface area contributed by atoms with Crippen molar-refractivity contribution in [2.45, 2.75) is 13.2 Å². The number of carbonyl (C=O) groups is 1. The van der Waals surface area contributed by atoms with E-state index in [0.29, 0.717) is 60.7 Å². The van der Waals surface area contributed by atoms with Crippen molar-refractivity contribution in [3.8, 4) is 28.7 Å². The Labute approximate surface area is 212 Å². The normalized spacial score (nSPS) is 21.9. The number of nitriles is 1. The summed E-state index contributed by atoms with van der Waals surface area (Å²) in [4.78, 5) is 31.7. The number of H-pyrrole nitrogens is 1. The van der Waals surface area contributed by atoms with Crippen molar-refractivity contribution in [2.24, 2.45) is 5.41 Å². The van der Waals surface area contributed by atoms with E-state index >= 15 is 0 Å². The number of morpholine rings is 1. The summed E-state index contributed by atoms with van der Waals surface area (Å²) in [6, 6.07) is 9.67. The number of nitrogens with one attached hydrogen (secondary N) is 2. The van der Waals surface area contributed by atoms with Crippen molar-refractivity contribution in [2.75, 3.05) is 51.0 Å². The molecule has 4 heterocycles. The number of ether oxygens (including phenoxy) is 3. The Morgan fingerprint density at radius 1 is 1.22 bits per heavy atom. The summed E-state index contributed by atoms with van der Waals surface area (Å²) in [6.07, 6.45) is 0.825. The van der Waals surface area contributed by atoms with Gasteiger partial charge in [-0.25, -0.2) is 19.3 Å². The topological polar surface area (TPSA) is 138 Å². The molecule has 3 aromatic rings. The molecule has 37 heavy (non-hydrogen) atoms. The van der Waals surface area contributed by atoms with Crippen LogP contribution in [0.3, 0.4) is 0 Å². The standard InChI is InChI=1S/C25H26FN7O4/c1-25(23(34)28-9-7-27)14-36-22(37-15-25)21-31-19(16-2-4-17(26)5-3-16)20(32-21)18-6-8-29-24(30-18)33-10-12-35-13-11-33/h2-6,8,22H,9-15H2,1H3,(H,28,34)(H,31,32). The second-order valence-corrected chi connectivity index (χ2v) is 9.05. The molecule has 0 unspecified atom stereocenters. The van der Waals surface area contributed by atoms with Gasteiger partial charge >= 0.3 is 0 Å². The van der Waals surface area contributed by atoms with E-state index in [9.17, 15) is 9.18 Å². The van der Waals surface area contributed by atoms with Gasteiger partial charge in [0.1, 0.15) is 12.4 Å². The molecule has 0 atom stereocenters. The van der Waals surface area contributed by atoms with Crippen molar-refractivity contribution in [3.63, 3.8) is 0 Å². The quantitative estimate of drug-likeness (QED) is 0.481. The summed E-state index contributed by atoms with van der Waals surface area (Å²) in [5, 5.41) is 11.3. The molecule has 2 fully saturated rings. The van der Waals surface area contributed by atoms with Crippen LogP contribution < -0.4 is 10.2 Å². The molecule has 1 amide bonds. The van der Waals surface area contributed by atoms with E-state index in [-0.39, 0.29) is 31.5 Å². The van der Waals surface area contributed by atoms with E-state index in [0.717, 1.165) is 0 Å². The third-order valence-corrected chi connectivity index (χ3v) is 6.24. The van der Waals surface area contributed by atoms with E-state index in [1.165, 1.54) is 12.1 Å². The van der Waals surface area contributed by atoms with Gasteiger partial charge < -0.3 is 29.4 Å². The molecule has 0 radical (unpaired) electrons. The van der Waals surface area contributed by atoms with E-state index in [2.05, 4.69) is 15.3 Å². The predicted molar refractivity (Wildman–Crippen MR) is 129 cm³/mol. The largest absolute Gasteiger partial charge is 0.378 e. The minimum Gasteiger partial charge on any atom is -0.378 e. The van der Waals surface area contributed by atoms with Gasteiger partial charge in [-0.2, -0.15) is 5.26 Å². The number of carbonyl (C=O) groups excluding carboxylic acids is 1. The van der Waals surface area contributed by atoms with Crippen molar-refractivity contribution in [1.29, 1.82) is 5.26 Å². The maximum atomic E-state index is 13.6. The van der Waals surface area contributed by atoms with E-state index < -0.39 is 11.7 Å². The van der Waals surface area contributed by atoms with Gasteiger partial charge in [0.15, 0.2) is 5.82 Å². The van der Waals surface area contributed by atoms with Crippen molar-refractivity contribution in [3.05, 3.63) is 48.2 Å². The fourth-order valence-corrected chi connectivity index (χ4v) is 4.14. The molecule has 11 nitrogen and oxygen atoms in total. The minimum atomic E-state index is -0.942. The molecule has 5 rings (SSSR count). The Balaban J connectivity index is 1.45. The third-order valence-electron chi connectivity index (χ3n) is 6.24. The lowest BCUT2D eigenvalue weighted by Crippen LogP contribution is -2.48. The van der Waals surface area contributed by atoms with Gasteiger partial charge in [0.2, 0.25) is 18.1 Å². The van der Waals surface area contributed by atoms with Crippen LogP contribution in [0.5, 0.6) is 0 Å². The number of aromatic nitrogens is 4. The first-order chi connectivity index (χ1) is 18.0. The number of amides is 1. The summed E-state index contributed by atoms with van der Waals surface area (Å²) in [6.45, 7) is 4.35. The second-order valence-electron chi connectivity index (χ2n) is 9.05. The summed E-state index contributed by atoms with van der Waals surface area (Å²) >= 11 is 0. The second kappa shape index (κ2) is 10.6. The molecule has 12 heteroatoms. The number of hydrogen-bond donors (Lipinski definition) is 2. The first-order valence-electron chi connectivity index (χ1n) is 11.9. The van der Waals surface area contributed by atoms with E-state index in [4.69, 9.17) is 29.4 Å². The molecule has 0 aliphatic carbocycles. The van der Waals surface area contributed by atoms with Crippen LogP contribution in [0.15, 0.2) is 36.5 Å². The van der Waals surface area contributed by atoms with Crippen LogP contribution in [0.1, 0.15) is 19.0 Å². The van der Waals surface area contributed by atoms with Crippen LogP contribution in [0.25, 0.3) is 22.6 Å². The lowest BCUT2D eigenvalue weighted by molar-refractivity contribution is -0.230. The van der Waals surface area contributed by atoms with Gasteiger partial charge in [-0.05, 0) is 37.3 Å². The van der Waals surface area contributed by atoms with Crippen molar-refractivity contribution in [1.82, 2.24) is 25.3 Å². The molecular formula is C25H26FN7O4. The maximum absolute atomic E-state index is 13.6. The SMILES string of the molecule is CC1(C(=O)NCC#N)COC(c2nc(-c3ccc(F)cc3)c(-c3ccnc(N4CCOCC4)n3)[nH]2)OC1. The average molecular weight is 508 g/mol. The van der Waals surface area contributed by atoms with Crippen LogP contribution >= 0.6 is 0 Å². The summed E-state index contributed by atoms with van der Waals surface area (Å²) < 4.78 is 30.8. The highest BCUT2D eigenvalue weighted by Crippen LogP contribution is 2.35. The molecule has 0 spiro atoms. The Morgan fingerprint density at radius 3 is 2.65 bits per heavy atom. The number of aromatic amines is 1. The fourth-order valence-electron chi connectivity index (χ4n) is 4.14. The number of nitrogens with zero attached hydrogens (tertiary/aromatic N) is 5. The number of halogens is 1. The van der Waals surface area contributed by atoms with Crippen molar-refractivity contribution >= 4 is 11.9 Å². The van der Waals surface area contributed by atoms with Crippen LogP contribution in [0.4, 0.5) is 10.3 Å². The summed E-state index contributed by atoms with van der Waals surface area (Å²) in [5.41, 5.74) is 1.50. The summed E-state index contributed by atoms with van der Waals surface area (Å²) in [5.74, 6) is 0.286. The Bertz CT molecular complexity index is 1290. The summed E-state index contributed by atoms with van der Waals surface area (Å²) in [7, 11) is 0. The third kappa shape index (κ3) is 5.29. The molecule has 2 saturated heterocycles. The molecule has 0 saturated carbocycles. The van der Waals surface area contributed by atoms with E-state index in [1.807, 2.05) is 11.0 Å². The molecule has 2 aliphatic heterocycles. The zero-order valence-corrected chi connectivity index (χ0v) is 20.2. The minimum absolute atomic E-state index is 0.0749. The molecule has 192 valence electrons. The van der Waals surface area contributed by atoms with Crippen molar-refractivity contribution < 1.29 is 23.4 Å². The molecule has 2 aliphatic rings. The zero-order valence-electron chi connectivity index (χ0n) is 20.2. The number of rotatable bonds is 6. The van der Waals surface area contributed by atoms with Gasteiger partial charge in [-0.3, -0.25) is 4.79 Å². The van der Waals surface area contributed by atoms with Gasteiger partial charge in [0, 0.05) is 24.8 Å². The smallest absolute Gasteiger partial charge is 0.231 e. The van der Waals surface area contributed by atoms with Crippen LogP contribution in [0.2, 0.25) is 0 Å². The number of anilines is 1. The predicted octanol–water partition coefficient (Wildman–Crippen LogP) is 2.20. The van der Waals surface area contributed by atoms with Gasteiger partial charge in [-0.15, -0.1) is 0 Å². The Morgan fingerprint density at radius 2 is 1.95 bits per heavy atom. The van der Waals surface area contributed by atoms with Crippen LogP contribution in [-0.2, 0) is 19.0 Å². The maximum Gasteiger partial charge on any atom is 0.231 e. The molecule has 0 bridgehead atoms. The lowest BCUT2D eigenvalue weighted by Gasteiger charge is -2.35. The first kappa shape index (κ1) is 24.8.